The van der Waals surface area contributed by atoms with Crippen LogP contribution in [0.3, 0.4) is 0 Å². The van der Waals surface area contributed by atoms with Gasteiger partial charge in [-0.05, 0) is 51.4 Å². The van der Waals surface area contributed by atoms with E-state index in [1.165, 1.54) is 58.7 Å². The Morgan fingerprint density at radius 3 is 2.33 bits per heavy atom. The Labute approximate surface area is 114 Å². The van der Waals surface area contributed by atoms with Crippen LogP contribution in [0.5, 0.6) is 0 Å². The number of likely N-dealkylation sites (N-methyl/N-ethyl adjacent to an activating group) is 1. The molecule has 0 amide bonds. The van der Waals surface area contributed by atoms with Gasteiger partial charge in [-0.15, -0.1) is 0 Å². The molecule has 1 heterocycles. The third-order valence-corrected chi connectivity index (χ3v) is 3.79. The first-order valence-electron chi connectivity index (χ1n) is 7.69. The molecule has 0 spiro atoms. The second kappa shape index (κ2) is 8.89. The third kappa shape index (κ3) is 7.34. The molecule has 0 aromatic rings. The van der Waals surface area contributed by atoms with Crippen molar-refractivity contribution in [2.45, 2.75) is 33.6 Å². The molecule has 0 saturated carbocycles. The number of hydrogen-bond acceptors (Lipinski definition) is 3. The molecule has 1 rings (SSSR count). The molecule has 0 radical (unpaired) electrons. The van der Waals surface area contributed by atoms with Crippen molar-refractivity contribution in [1.29, 1.82) is 0 Å². The first-order valence-corrected chi connectivity index (χ1v) is 7.69. The highest BCUT2D eigenvalue weighted by Gasteiger charge is 2.12. The zero-order valence-corrected chi connectivity index (χ0v) is 12.9. The second-order valence-corrected chi connectivity index (χ2v) is 6.44. The summed E-state index contributed by atoms with van der Waals surface area (Å²) in [6.07, 6.45) is 2.63. The molecule has 1 aliphatic rings. The number of nitrogens with zero attached hydrogens (tertiary/aromatic N) is 2. The van der Waals surface area contributed by atoms with Crippen LogP contribution in [0.15, 0.2) is 0 Å². The number of rotatable bonds is 8. The highest BCUT2D eigenvalue weighted by atomic mass is 15.2. The quantitative estimate of drug-likeness (QED) is 0.668. The zero-order valence-electron chi connectivity index (χ0n) is 12.9. The monoisotopic (exact) mass is 255 g/mol. The van der Waals surface area contributed by atoms with E-state index < -0.39 is 0 Å². The molecule has 3 heteroatoms. The summed E-state index contributed by atoms with van der Waals surface area (Å²) in [5.41, 5.74) is 0. The van der Waals surface area contributed by atoms with Crippen LogP contribution in [0.4, 0.5) is 0 Å². The molecule has 0 bridgehead atoms. The molecule has 1 unspecified atom stereocenters. The normalized spacial score (nSPS) is 20.5. The van der Waals surface area contributed by atoms with Gasteiger partial charge in [0.25, 0.3) is 0 Å². The van der Waals surface area contributed by atoms with Crippen LogP contribution in [0.2, 0.25) is 0 Å². The van der Waals surface area contributed by atoms with Crippen molar-refractivity contribution in [1.82, 2.24) is 15.1 Å². The third-order valence-electron chi connectivity index (χ3n) is 3.79. The van der Waals surface area contributed by atoms with Gasteiger partial charge >= 0.3 is 0 Å². The molecule has 18 heavy (non-hydrogen) atoms. The average molecular weight is 255 g/mol. The Kier molecular flexibility index (Phi) is 7.87. The molecule has 108 valence electrons. The van der Waals surface area contributed by atoms with Gasteiger partial charge in [-0.25, -0.2) is 0 Å². The fourth-order valence-electron chi connectivity index (χ4n) is 2.74. The van der Waals surface area contributed by atoms with Crippen LogP contribution >= 0.6 is 0 Å². The molecule has 1 aliphatic heterocycles. The predicted molar refractivity (Wildman–Crippen MR) is 80.0 cm³/mol. The van der Waals surface area contributed by atoms with Crippen LogP contribution in [-0.2, 0) is 0 Å². The maximum absolute atomic E-state index is 3.60. The average Bonchev–Trinajstić information content (AvgIpc) is 2.30. The van der Waals surface area contributed by atoms with Gasteiger partial charge in [0, 0.05) is 26.2 Å². The predicted octanol–water partition coefficient (Wildman–Crippen LogP) is 1.90. The topological polar surface area (TPSA) is 18.5 Å². The molecule has 0 aromatic heterocycles. The summed E-state index contributed by atoms with van der Waals surface area (Å²) >= 11 is 0. The van der Waals surface area contributed by atoms with E-state index >= 15 is 0 Å². The van der Waals surface area contributed by atoms with E-state index in [-0.39, 0.29) is 0 Å². The van der Waals surface area contributed by atoms with Crippen molar-refractivity contribution >= 4 is 0 Å². The van der Waals surface area contributed by atoms with E-state index in [9.17, 15) is 0 Å². The summed E-state index contributed by atoms with van der Waals surface area (Å²) in [5, 5.41) is 3.60. The summed E-state index contributed by atoms with van der Waals surface area (Å²) < 4.78 is 0. The first-order chi connectivity index (χ1) is 8.58. The lowest BCUT2D eigenvalue weighted by molar-refractivity contribution is 0.152. The molecule has 1 atom stereocenters. The molecule has 0 aliphatic carbocycles. The summed E-state index contributed by atoms with van der Waals surface area (Å²) in [6.45, 7) is 15.6. The van der Waals surface area contributed by atoms with Crippen molar-refractivity contribution in [2.75, 3.05) is 52.9 Å². The van der Waals surface area contributed by atoms with E-state index in [0.717, 1.165) is 11.8 Å². The smallest absolute Gasteiger partial charge is 0.0110 e. The Hall–Kier alpha value is -0.120. The Morgan fingerprint density at radius 2 is 1.72 bits per heavy atom. The molecule has 1 saturated heterocycles. The maximum Gasteiger partial charge on any atom is 0.0110 e. The lowest BCUT2D eigenvalue weighted by Crippen LogP contribution is -2.45. The fourth-order valence-corrected chi connectivity index (χ4v) is 2.74. The lowest BCUT2D eigenvalue weighted by Gasteiger charge is -2.32. The minimum absolute atomic E-state index is 0.814. The molecule has 1 fully saturated rings. The van der Waals surface area contributed by atoms with Crippen molar-refractivity contribution in [3.8, 4) is 0 Å². The highest BCUT2D eigenvalue weighted by Crippen LogP contribution is 2.09. The van der Waals surface area contributed by atoms with Crippen LogP contribution in [0.1, 0.15) is 33.6 Å². The molecule has 3 nitrogen and oxygen atoms in total. The molecular weight excluding hydrogens is 222 g/mol. The van der Waals surface area contributed by atoms with Gasteiger partial charge in [-0.1, -0.05) is 20.8 Å². The van der Waals surface area contributed by atoms with Crippen LogP contribution < -0.4 is 5.32 Å². The fraction of sp³-hybridized carbons (Fsp3) is 1.00. The van der Waals surface area contributed by atoms with Crippen LogP contribution in [-0.4, -0.2) is 62.7 Å². The van der Waals surface area contributed by atoms with E-state index in [0.29, 0.717) is 0 Å². The Bertz CT molecular complexity index is 198. The lowest BCUT2D eigenvalue weighted by atomic mass is 9.99. The number of hydrogen-bond donors (Lipinski definition) is 1. The largest absolute Gasteiger partial charge is 0.316 e. The van der Waals surface area contributed by atoms with Gasteiger partial charge in [0.1, 0.15) is 0 Å². The molecular formula is C15H33N3. The SMILES string of the molecule is CC(C)CC(C)CNCCCN1CCN(C)CC1. The molecule has 1 N–H and O–H groups in total. The maximum atomic E-state index is 3.60. The van der Waals surface area contributed by atoms with Gasteiger partial charge in [-0.2, -0.15) is 0 Å². The van der Waals surface area contributed by atoms with Crippen molar-refractivity contribution < 1.29 is 0 Å². The Balaban J connectivity index is 1.92. The molecule has 0 aromatic carbocycles. The minimum atomic E-state index is 0.814. The minimum Gasteiger partial charge on any atom is -0.316 e. The zero-order chi connectivity index (χ0) is 13.4. The van der Waals surface area contributed by atoms with E-state index in [2.05, 4.69) is 42.9 Å². The van der Waals surface area contributed by atoms with Gasteiger partial charge < -0.3 is 15.1 Å². The standard InChI is InChI=1S/C15H33N3/c1-14(2)12-15(3)13-16-6-5-7-18-10-8-17(4)9-11-18/h14-16H,5-13H2,1-4H3. The van der Waals surface area contributed by atoms with Crippen molar-refractivity contribution in [3.63, 3.8) is 0 Å². The number of nitrogens with one attached hydrogen (secondary N) is 1. The first kappa shape index (κ1) is 15.9. The van der Waals surface area contributed by atoms with Crippen LogP contribution in [0.25, 0.3) is 0 Å². The highest BCUT2D eigenvalue weighted by molar-refractivity contribution is 4.69. The van der Waals surface area contributed by atoms with E-state index in [1.54, 1.807) is 0 Å². The summed E-state index contributed by atoms with van der Waals surface area (Å²) in [4.78, 5) is 5.02. The van der Waals surface area contributed by atoms with E-state index in [4.69, 9.17) is 0 Å². The van der Waals surface area contributed by atoms with Gasteiger partial charge in [-0.3, -0.25) is 0 Å². The summed E-state index contributed by atoms with van der Waals surface area (Å²) in [5.74, 6) is 1.64. The van der Waals surface area contributed by atoms with Crippen LogP contribution in [0, 0.1) is 11.8 Å². The number of piperazine rings is 1. The van der Waals surface area contributed by atoms with Crippen molar-refractivity contribution in [3.05, 3.63) is 0 Å². The van der Waals surface area contributed by atoms with Gasteiger partial charge in [0.05, 0.1) is 0 Å². The van der Waals surface area contributed by atoms with Crippen molar-refractivity contribution in [2.24, 2.45) is 11.8 Å². The second-order valence-electron chi connectivity index (χ2n) is 6.44. The summed E-state index contributed by atoms with van der Waals surface area (Å²) in [7, 11) is 2.22. The Morgan fingerprint density at radius 1 is 1.06 bits per heavy atom. The summed E-state index contributed by atoms with van der Waals surface area (Å²) in [6, 6.07) is 0. The van der Waals surface area contributed by atoms with Gasteiger partial charge in [0.15, 0.2) is 0 Å². The van der Waals surface area contributed by atoms with E-state index in [1.807, 2.05) is 0 Å². The van der Waals surface area contributed by atoms with Gasteiger partial charge in [0.2, 0.25) is 0 Å².